The molecule has 0 aliphatic carbocycles. The minimum absolute atomic E-state index is 0.223. The van der Waals surface area contributed by atoms with Crippen LogP contribution < -0.4 is 15.0 Å². The van der Waals surface area contributed by atoms with Gasteiger partial charge in [-0.1, -0.05) is 30.3 Å². The molecule has 0 radical (unpaired) electrons. The fraction of sp³-hybridized carbons (Fsp3) is 0.150. The number of hydrogen-bond acceptors (Lipinski definition) is 4. The third kappa shape index (κ3) is 4.15. The standard InChI is InChI=1S/C20H20N2O3S/c1-24-19-11-5-3-9-17(19)22(14-15-7-2-4-10-18(15)23)20(26)21-13-16-8-6-12-25-16/h2-12,23H,13-14H2,1H3,(H,21,26). The smallest absolute Gasteiger partial charge is 0.174 e. The van der Waals surface area contributed by atoms with Gasteiger partial charge in [-0.15, -0.1) is 0 Å². The molecule has 134 valence electrons. The van der Waals surface area contributed by atoms with Crippen LogP contribution in [0.15, 0.2) is 71.3 Å². The number of ether oxygens (including phenoxy) is 1. The van der Waals surface area contributed by atoms with Crippen molar-refractivity contribution in [2.24, 2.45) is 0 Å². The Hall–Kier alpha value is -2.99. The quantitative estimate of drug-likeness (QED) is 0.640. The number of thiocarbonyl (C=S) groups is 1. The van der Waals surface area contributed by atoms with Crippen LogP contribution in [0.5, 0.6) is 11.5 Å². The predicted molar refractivity (Wildman–Crippen MR) is 105 cm³/mol. The lowest BCUT2D eigenvalue weighted by Gasteiger charge is -2.27. The molecule has 0 amide bonds. The number of phenolic OH excluding ortho intramolecular Hbond substituents is 1. The van der Waals surface area contributed by atoms with Crippen molar-refractivity contribution in [3.8, 4) is 11.5 Å². The second-order valence-corrected chi connectivity index (χ2v) is 6.01. The third-order valence-electron chi connectivity index (χ3n) is 3.94. The Morgan fingerprint density at radius 2 is 1.88 bits per heavy atom. The van der Waals surface area contributed by atoms with Gasteiger partial charge in [0.1, 0.15) is 17.3 Å². The van der Waals surface area contributed by atoms with Crippen molar-refractivity contribution in [2.45, 2.75) is 13.1 Å². The van der Waals surface area contributed by atoms with Gasteiger partial charge in [-0.25, -0.2) is 0 Å². The average molecular weight is 368 g/mol. The Kier molecular flexibility index (Phi) is 5.76. The molecule has 3 rings (SSSR count). The van der Waals surface area contributed by atoms with Crippen molar-refractivity contribution in [3.05, 3.63) is 78.3 Å². The van der Waals surface area contributed by atoms with Crippen LogP contribution in [-0.2, 0) is 13.1 Å². The van der Waals surface area contributed by atoms with Crippen LogP contribution >= 0.6 is 12.2 Å². The lowest BCUT2D eigenvalue weighted by Crippen LogP contribution is -2.39. The maximum atomic E-state index is 10.2. The highest BCUT2D eigenvalue weighted by molar-refractivity contribution is 7.80. The summed E-state index contributed by atoms with van der Waals surface area (Å²) in [4.78, 5) is 1.90. The summed E-state index contributed by atoms with van der Waals surface area (Å²) in [6, 6.07) is 18.6. The van der Waals surface area contributed by atoms with Crippen molar-refractivity contribution in [3.63, 3.8) is 0 Å². The first kappa shape index (κ1) is 17.8. The number of aromatic hydroxyl groups is 1. The molecular formula is C20H20N2O3S. The molecule has 0 unspecified atom stereocenters. The molecule has 2 N–H and O–H groups in total. The van der Waals surface area contributed by atoms with Gasteiger partial charge >= 0.3 is 0 Å². The van der Waals surface area contributed by atoms with E-state index in [2.05, 4.69) is 5.32 Å². The van der Waals surface area contributed by atoms with Gasteiger partial charge in [-0.3, -0.25) is 0 Å². The summed E-state index contributed by atoms with van der Waals surface area (Å²) < 4.78 is 10.8. The largest absolute Gasteiger partial charge is 0.508 e. The molecule has 0 aliphatic rings. The van der Waals surface area contributed by atoms with E-state index in [1.54, 1.807) is 25.5 Å². The van der Waals surface area contributed by atoms with E-state index in [1.165, 1.54) is 0 Å². The van der Waals surface area contributed by atoms with Gasteiger partial charge in [0.05, 0.1) is 32.1 Å². The van der Waals surface area contributed by atoms with Gasteiger partial charge in [-0.2, -0.15) is 0 Å². The summed E-state index contributed by atoms with van der Waals surface area (Å²) in [6.07, 6.45) is 1.63. The second-order valence-electron chi connectivity index (χ2n) is 5.62. The first-order chi connectivity index (χ1) is 12.7. The zero-order valence-corrected chi connectivity index (χ0v) is 15.2. The van der Waals surface area contributed by atoms with Gasteiger partial charge in [-0.05, 0) is 42.5 Å². The van der Waals surface area contributed by atoms with Gasteiger partial charge < -0.3 is 24.5 Å². The van der Waals surface area contributed by atoms with Gasteiger partial charge in [0, 0.05) is 5.56 Å². The summed E-state index contributed by atoms with van der Waals surface area (Å²) >= 11 is 5.62. The Labute approximate surface area is 157 Å². The van der Waals surface area contributed by atoms with Gasteiger partial charge in [0.15, 0.2) is 5.11 Å². The molecule has 0 atom stereocenters. The van der Waals surface area contributed by atoms with Crippen molar-refractivity contribution >= 4 is 23.0 Å². The maximum absolute atomic E-state index is 10.2. The minimum Gasteiger partial charge on any atom is -0.508 e. The van der Waals surface area contributed by atoms with Crippen LogP contribution in [0.3, 0.4) is 0 Å². The fourth-order valence-electron chi connectivity index (χ4n) is 2.61. The van der Waals surface area contributed by atoms with E-state index >= 15 is 0 Å². The average Bonchev–Trinajstić information content (AvgIpc) is 3.19. The molecule has 0 spiro atoms. The van der Waals surface area contributed by atoms with E-state index in [4.69, 9.17) is 21.4 Å². The number of para-hydroxylation sites is 3. The Morgan fingerprint density at radius 3 is 2.62 bits per heavy atom. The van der Waals surface area contributed by atoms with Crippen LogP contribution in [0, 0.1) is 0 Å². The number of methoxy groups -OCH3 is 1. The third-order valence-corrected chi connectivity index (χ3v) is 4.30. The van der Waals surface area contributed by atoms with E-state index in [1.807, 2.05) is 53.4 Å². The molecule has 0 saturated heterocycles. The van der Waals surface area contributed by atoms with Gasteiger partial charge in [0.2, 0.25) is 0 Å². The van der Waals surface area contributed by atoms with Crippen molar-refractivity contribution in [1.82, 2.24) is 5.32 Å². The zero-order chi connectivity index (χ0) is 18.4. The van der Waals surface area contributed by atoms with E-state index in [0.717, 1.165) is 17.0 Å². The van der Waals surface area contributed by atoms with Crippen LogP contribution in [-0.4, -0.2) is 17.3 Å². The van der Waals surface area contributed by atoms with Crippen LogP contribution in [0.25, 0.3) is 0 Å². The van der Waals surface area contributed by atoms with E-state index in [0.29, 0.717) is 24.0 Å². The number of nitrogens with zero attached hydrogens (tertiary/aromatic N) is 1. The molecule has 5 nitrogen and oxygen atoms in total. The highest BCUT2D eigenvalue weighted by Gasteiger charge is 2.18. The summed E-state index contributed by atoms with van der Waals surface area (Å²) in [6.45, 7) is 0.870. The predicted octanol–water partition coefficient (Wildman–Crippen LogP) is 4.08. The Balaban J connectivity index is 1.87. The van der Waals surface area contributed by atoms with Crippen molar-refractivity contribution in [2.75, 3.05) is 12.0 Å². The minimum atomic E-state index is 0.223. The number of furan rings is 1. The summed E-state index contributed by atoms with van der Waals surface area (Å²) in [7, 11) is 1.62. The SMILES string of the molecule is COc1ccccc1N(Cc1ccccc1O)C(=S)NCc1ccco1. The summed E-state index contributed by atoms with van der Waals surface area (Å²) in [5, 5.41) is 13.9. The topological polar surface area (TPSA) is 57.9 Å². The normalized spacial score (nSPS) is 10.3. The fourth-order valence-corrected chi connectivity index (χ4v) is 2.84. The Bertz CT molecular complexity index is 865. The molecule has 26 heavy (non-hydrogen) atoms. The number of rotatable bonds is 6. The molecule has 6 heteroatoms. The first-order valence-electron chi connectivity index (χ1n) is 8.16. The van der Waals surface area contributed by atoms with Crippen molar-refractivity contribution in [1.29, 1.82) is 0 Å². The Morgan fingerprint density at radius 1 is 1.12 bits per heavy atom. The van der Waals surface area contributed by atoms with E-state index < -0.39 is 0 Å². The molecule has 1 aromatic heterocycles. The van der Waals surface area contributed by atoms with Crippen LogP contribution in [0.4, 0.5) is 5.69 Å². The molecule has 3 aromatic rings. The molecule has 0 aliphatic heterocycles. The number of hydrogen-bond donors (Lipinski definition) is 2. The summed E-state index contributed by atoms with van der Waals surface area (Å²) in [5.74, 6) is 1.71. The van der Waals surface area contributed by atoms with Crippen LogP contribution in [0.1, 0.15) is 11.3 Å². The van der Waals surface area contributed by atoms with Gasteiger partial charge in [0.25, 0.3) is 0 Å². The van der Waals surface area contributed by atoms with Crippen molar-refractivity contribution < 1.29 is 14.3 Å². The first-order valence-corrected chi connectivity index (χ1v) is 8.57. The lowest BCUT2D eigenvalue weighted by atomic mass is 10.1. The number of nitrogens with one attached hydrogen (secondary N) is 1. The highest BCUT2D eigenvalue weighted by Crippen LogP contribution is 2.30. The van der Waals surface area contributed by atoms with E-state index in [-0.39, 0.29) is 5.75 Å². The van der Waals surface area contributed by atoms with E-state index in [9.17, 15) is 5.11 Å². The summed E-state index contributed by atoms with van der Waals surface area (Å²) in [5.41, 5.74) is 1.58. The number of phenols is 1. The molecular weight excluding hydrogens is 348 g/mol. The zero-order valence-electron chi connectivity index (χ0n) is 14.4. The number of benzene rings is 2. The highest BCUT2D eigenvalue weighted by atomic mass is 32.1. The molecule has 2 aromatic carbocycles. The molecule has 0 saturated carbocycles. The monoisotopic (exact) mass is 368 g/mol. The molecule has 0 bridgehead atoms. The second kappa shape index (κ2) is 8.40. The maximum Gasteiger partial charge on any atom is 0.174 e. The van der Waals surface area contributed by atoms with Crippen LogP contribution in [0.2, 0.25) is 0 Å². The molecule has 0 fully saturated rings. The molecule has 1 heterocycles. The number of anilines is 1. The lowest BCUT2D eigenvalue weighted by molar-refractivity contribution is 0.415.